The maximum atomic E-state index is 15.0. The molecule has 37 heavy (non-hydrogen) atoms. The summed E-state index contributed by atoms with van der Waals surface area (Å²) in [6.45, 7) is 6.69. The number of piperazine rings is 1. The van der Waals surface area contributed by atoms with E-state index in [9.17, 15) is 31.9 Å². The summed E-state index contributed by atoms with van der Waals surface area (Å²) in [5, 5.41) is 2.61. The van der Waals surface area contributed by atoms with Gasteiger partial charge < -0.3 is 10.2 Å². The summed E-state index contributed by atoms with van der Waals surface area (Å²) in [6.07, 6.45) is -1.93. The number of hydrogen-bond acceptors (Lipinski definition) is 3. The van der Waals surface area contributed by atoms with Crippen LogP contribution in [0.15, 0.2) is 59.6 Å². The molecule has 1 saturated carbocycles. The second-order valence-corrected chi connectivity index (χ2v) is 9.99. The number of nitrogens with one attached hydrogen (secondary N) is 1. The molecule has 3 rings (SSSR count). The largest absolute Gasteiger partial charge is 0.416 e. The second kappa shape index (κ2) is 10.7. The van der Waals surface area contributed by atoms with Crippen molar-refractivity contribution in [3.8, 4) is 0 Å². The van der Waals surface area contributed by atoms with Crippen LogP contribution in [0.5, 0.6) is 0 Å². The van der Waals surface area contributed by atoms with E-state index in [4.69, 9.17) is 11.6 Å². The third kappa shape index (κ3) is 5.89. The monoisotopic (exact) mass is 541 g/mol. The van der Waals surface area contributed by atoms with Crippen molar-refractivity contribution in [2.24, 2.45) is 11.8 Å². The standard InChI is InChI=1S/C26H28ClF4N3O3/c1-15(2)9-20(27)10-21(28)16(3)33-14-22(35)34(13-17-5-7-19(8-6-17)26(29,30)31)25(24(33)37)11-18(12-25)23(36)32-4/h5-10,15,18H,3,11-14H2,1-2,4H3,(H,32,36)/b20-9+,21-10+. The Labute approximate surface area is 217 Å². The number of carbonyl (C=O) groups is 3. The highest BCUT2D eigenvalue weighted by molar-refractivity contribution is 6.31. The predicted molar refractivity (Wildman–Crippen MR) is 130 cm³/mol. The molecule has 0 bridgehead atoms. The lowest BCUT2D eigenvalue weighted by Crippen LogP contribution is -2.73. The van der Waals surface area contributed by atoms with Gasteiger partial charge in [0.2, 0.25) is 11.8 Å². The Hall–Kier alpha value is -3.14. The van der Waals surface area contributed by atoms with Crippen molar-refractivity contribution in [1.82, 2.24) is 15.1 Å². The second-order valence-electron chi connectivity index (χ2n) is 9.55. The molecule has 0 radical (unpaired) electrons. The zero-order chi connectivity index (χ0) is 27.7. The number of amides is 3. The number of hydrogen-bond donors (Lipinski definition) is 1. The molecular weight excluding hydrogens is 514 g/mol. The summed E-state index contributed by atoms with van der Waals surface area (Å²) in [4.78, 5) is 41.3. The Balaban J connectivity index is 1.91. The molecule has 1 aliphatic carbocycles. The summed E-state index contributed by atoms with van der Waals surface area (Å²) in [6, 6.07) is 4.27. The molecule has 0 aromatic heterocycles. The first kappa shape index (κ1) is 28.4. The van der Waals surface area contributed by atoms with Gasteiger partial charge in [0.05, 0.1) is 11.3 Å². The number of alkyl halides is 3. The fraction of sp³-hybridized carbons (Fsp3) is 0.423. The summed E-state index contributed by atoms with van der Waals surface area (Å²) >= 11 is 6.05. The molecule has 1 aliphatic heterocycles. The first-order valence-corrected chi connectivity index (χ1v) is 12.0. The van der Waals surface area contributed by atoms with Gasteiger partial charge in [-0.2, -0.15) is 13.2 Å². The van der Waals surface area contributed by atoms with Crippen molar-refractivity contribution in [1.29, 1.82) is 0 Å². The van der Waals surface area contributed by atoms with E-state index in [-0.39, 0.29) is 41.9 Å². The summed E-state index contributed by atoms with van der Waals surface area (Å²) < 4.78 is 53.8. The Morgan fingerprint density at radius 3 is 2.35 bits per heavy atom. The van der Waals surface area contributed by atoms with Gasteiger partial charge in [0.15, 0.2) is 0 Å². The first-order chi connectivity index (χ1) is 17.2. The molecule has 1 spiro atoms. The van der Waals surface area contributed by atoms with Gasteiger partial charge in [-0.3, -0.25) is 19.3 Å². The molecule has 6 nitrogen and oxygen atoms in total. The highest BCUT2D eigenvalue weighted by Crippen LogP contribution is 2.47. The Bertz CT molecular complexity index is 1150. The van der Waals surface area contributed by atoms with Gasteiger partial charge >= 0.3 is 6.18 Å². The van der Waals surface area contributed by atoms with Crippen LogP contribution in [-0.2, 0) is 27.1 Å². The van der Waals surface area contributed by atoms with Crippen LogP contribution in [-0.4, -0.2) is 46.7 Å². The molecule has 0 unspecified atom stereocenters. The van der Waals surface area contributed by atoms with Crippen molar-refractivity contribution in [3.05, 3.63) is 70.7 Å². The molecule has 200 valence electrons. The van der Waals surface area contributed by atoms with E-state index in [1.54, 1.807) is 6.08 Å². The van der Waals surface area contributed by atoms with E-state index in [2.05, 4.69) is 11.9 Å². The molecule has 1 aromatic carbocycles. The zero-order valence-corrected chi connectivity index (χ0v) is 21.4. The molecule has 3 amide bonds. The quantitative estimate of drug-likeness (QED) is 0.394. The molecule has 1 saturated heterocycles. The van der Waals surface area contributed by atoms with E-state index in [0.29, 0.717) is 5.56 Å². The fourth-order valence-electron chi connectivity index (χ4n) is 4.58. The van der Waals surface area contributed by atoms with Crippen molar-refractivity contribution < 1.29 is 31.9 Å². The molecule has 2 aliphatic rings. The van der Waals surface area contributed by atoms with Crippen LogP contribution < -0.4 is 5.32 Å². The maximum absolute atomic E-state index is 15.0. The molecule has 1 aromatic rings. The van der Waals surface area contributed by atoms with E-state index in [1.165, 1.54) is 24.1 Å². The smallest absolute Gasteiger partial charge is 0.359 e. The first-order valence-electron chi connectivity index (χ1n) is 11.6. The third-order valence-electron chi connectivity index (χ3n) is 6.52. The molecule has 1 N–H and O–H groups in total. The number of nitrogens with zero attached hydrogens (tertiary/aromatic N) is 2. The van der Waals surface area contributed by atoms with Gasteiger partial charge in [0, 0.05) is 24.5 Å². The van der Waals surface area contributed by atoms with E-state index < -0.39 is 47.4 Å². The predicted octanol–water partition coefficient (Wildman–Crippen LogP) is 4.92. The van der Waals surface area contributed by atoms with Crippen LogP contribution >= 0.6 is 11.6 Å². The number of halogens is 5. The van der Waals surface area contributed by atoms with Crippen LogP contribution in [0.4, 0.5) is 17.6 Å². The summed E-state index contributed by atoms with van der Waals surface area (Å²) in [5.41, 5.74) is -2.27. The van der Waals surface area contributed by atoms with Gasteiger partial charge in [-0.05, 0) is 42.5 Å². The SMILES string of the molecule is C=C(/C(F)=C\C(Cl)=C/C(C)C)N1CC(=O)N(Cc2ccc(C(F)(F)F)cc2)C2(CC(C(=O)NC)C2)C1=O. The lowest BCUT2D eigenvalue weighted by molar-refractivity contribution is -0.176. The number of rotatable bonds is 7. The minimum absolute atomic E-state index is 0.0129. The topological polar surface area (TPSA) is 69.7 Å². The Morgan fingerprint density at radius 1 is 1.24 bits per heavy atom. The van der Waals surface area contributed by atoms with E-state index >= 15 is 0 Å². The normalized spacial score (nSPS) is 23.0. The fourth-order valence-corrected chi connectivity index (χ4v) is 4.92. The van der Waals surface area contributed by atoms with Crippen molar-refractivity contribution >= 4 is 29.3 Å². The van der Waals surface area contributed by atoms with Gasteiger partial charge in [-0.25, -0.2) is 4.39 Å². The molecule has 11 heteroatoms. The van der Waals surface area contributed by atoms with E-state index in [1.807, 2.05) is 13.8 Å². The molecule has 0 atom stereocenters. The maximum Gasteiger partial charge on any atom is 0.416 e. The average molecular weight is 542 g/mol. The third-order valence-corrected chi connectivity index (χ3v) is 6.76. The Morgan fingerprint density at radius 2 is 1.84 bits per heavy atom. The summed E-state index contributed by atoms with van der Waals surface area (Å²) in [7, 11) is 1.45. The molecule has 1 heterocycles. The van der Waals surface area contributed by atoms with Crippen LogP contribution in [0, 0.1) is 11.8 Å². The van der Waals surface area contributed by atoms with Gasteiger partial charge in [-0.15, -0.1) is 0 Å². The lowest BCUT2D eigenvalue weighted by atomic mass is 9.64. The van der Waals surface area contributed by atoms with Gasteiger partial charge in [0.1, 0.15) is 17.9 Å². The van der Waals surface area contributed by atoms with Crippen LogP contribution in [0.25, 0.3) is 0 Å². The van der Waals surface area contributed by atoms with Crippen molar-refractivity contribution in [2.75, 3.05) is 13.6 Å². The van der Waals surface area contributed by atoms with Crippen molar-refractivity contribution in [2.45, 2.75) is 44.9 Å². The zero-order valence-electron chi connectivity index (χ0n) is 20.7. The van der Waals surface area contributed by atoms with Gasteiger partial charge in [-0.1, -0.05) is 50.2 Å². The molecule has 2 fully saturated rings. The van der Waals surface area contributed by atoms with Gasteiger partial charge in [0.25, 0.3) is 5.91 Å². The van der Waals surface area contributed by atoms with Crippen LogP contribution in [0.2, 0.25) is 0 Å². The van der Waals surface area contributed by atoms with Crippen LogP contribution in [0.1, 0.15) is 37.8 Å². The Kier molecular flexibility index (Phi) is 8.21. The average Bonchev–Trinajstić information content (AvgIpc) is 2.78. The minimum atomic E-state index is -4.52. The highest BCUT2D eigenvalue weighted by atomic mass is 35.5. The number of benzene rings is 1. The minimum Gasteiger partial charge on any atom is -0.359 e. The lowest BCUT2D eigenvalue weighted by Gasteiger charge is -2.56. The molecular formula is C26H28ClF4N3O3. The van der Waals surface area contributed by atoms with Crippen molar-refractivity contribution in [3.63, 3.8) is 0 Å². The number of carbonyl (C=O) groups excluding carboxylic acids is 3. The summed E-state index contributed by atoms with van der Waals surface area (Å²) in [5.74, 6) is -2.88. The van der Waals surface area contributed by atoms with Crippen LogP contribution in [0.3, 0.4) is 0 Å². The highest BCUT2D eigenvalue weighted by Gasteiger charge is 2.61. The number of allylic oxidation sites excluding steroid dienone is 4. The van der Waals surface area contributed by atoms with E-state index in [0.717, 1.165) is 23.1 Å².